The lowest BCUT2D eigenvalue weighted by molar-refractivity contribution is -0.319. The van der Waals surface area contributed by atoms with Gasteiger partial charge in [0.15, 0.2) is 11.5 Å². The third-order valence-corrected chi connectivity index (χ3v) is 4.72. The van der Waals surface area contributed by atoms with Crippen LogP contribution < -0.4 is 9.47 Å². The minimum atomic E-state index is -0.664. The van der Waals surface area contributed by atoms with Crippen LogP contribution >= 0.6 is 0 Å². The zero-order chi connectivity index (χ0) is 18.4. The second-order valence-corrected chi connectivity index (χ2v) is 6.61. The van der Waals surface area contributed by atoms with Crippen molar-refractivity contribution in [2.45, 2.75) is 19.3 Å². The maximum Gasteiger partial charge on any atom is 0.277 e. The summed E-state index contributed by atoms with van der Waals surface area (Å²) >= 11 is 0. The van der Waals surface area contributed by atoms with Crippen LogP contribution in [-0.2, 0) is 9.57 Å². The summed E-state index contributed by atoms with van der Waals surface area (Å²) in [5.41, 5.74) is 2.33. The summed E-state index contributed by atoms with van der Waals surface area (Å²) in [5, 5.41) is 2.37. The maximum atomic E-state index is 13.0. The van der Waals surface area contributed by atoms with E-state index in [-0.39, 0.29) is 18.8 Å². The molecule has 1 saturated heterocycles. The molecule has 0 unspecified atom stereocenters. The van der Waals surface area contributed by atoms with Gasteiger partial charge in [0.25, 0.3) is 5.91 Å². The molecule has 1 amide bonds. The Morgan fingerprint density at radius 2 is 2.00 bits per heavy atom. The summed E-state index contributed by atoms with van der Waals surface area (Å²) in [6.45, 7) is 2.43. The average molecular weight is 366 g/mol. The van der Waals surface area contributed by atoms with Crippen molar-refractivity contribution in [3.05, 3.63) is 59.8 Å². The van der Waals surface area contributed by atoms with Crippen molar-refractivity contribution in [1.82, 2.24) is 10.0 Å². The molecule has 0 radical (unpaired) electrons. The van der Waals surface area contributed by atoms with E-state index in [1.54, 1.807) is 18.2 Å². The van der Waals surface area contributed by atoms with Gasteiger partial charge in [-0.2, -0.15) is 0 Å². The van der Waals surface area contributed by atoms with Crippen LogP contribution in [0.3, 0.4) is 0 Å². The Hall–Kier alpha value is -3.03. The van der Waals surface area contributed by atoms with Gasteiger partial charge < -0.3 is 19.2 Å². The third kappa shape index (κ3) is 2.81. The first kappa shape index (κ1) is 16.2. The molecule has 5 rings (SSSR count). The van der Waals surface area contributed by atoms with E-state index in [9.17, 15) is 4.79 Å². The molecule has 1 N–H and O–H groups in total. The summed E-state index contributed by atoms with van der Waals surface area (Å²) in [6.07, 6.45) is 1.02. The molecule has 3 aromatic rings. The van der Waals surface area contributed by atoms with Crippen LogP contribution in [0.15, 0.2) is 48.7 Å². The second-order valence-electron chi connectivity index (χ2n) is 6.61. The quantitative estimate of drug-likeness (QED) is 0.753. The third-order valence-electron chi connectivity index (χ3n) is 4.72. The van der Waals surface area contributed by atoms with E-state index in [1.807, 2.05) is 37.4 Å². The Balaban J connectivity index is 1.42. The normalized spacial score (nSPS) is 21.6. The zero-order valence-corrected chi connectivity index (χ0v) is 14.7. The number of hydroxylamine groups is 2. The molecule has 0 spiro atoms. The lowest BCUT2D eigenvalue weighted by Crippen LogP contribution is -2.44. The molecular weight excluding hydrogens is 348 g/mol. The highest BCUT2D eigenvalue weighted by molar-refractivity contribution is 5.94. The molecule has 27 heavy (non-hydrogen) atoms. The van der Waals surface area contributed by atoms with Gasteiger partial charge in [0, 0.05) is 28.2 Å². The molecule has 7 nitrogen and oxygen atoms in total. The molecule has 2 aliphatic heterocycles. The fraction of sp³-hybridized carbons (Fsp3) is 0.250. The summed E-state index contributed by atoms with van der Waals surface area (Å²) in [7, 11) is 0. The van der Waals surface area contributed by atoms with Gasteiger partial charge in [-0.3, -0.25) is 4.79 Å². The predicted molar refractivity (Wildman–Crippen MR) is 96.3 cm³/mol. The van der Waals surface area contributed by atoms with Gasteiger partial charge >= 0.3 is 0 Å². The Bertz CT molecular complexity index is 1010. The molecule has 3 heterocycles. The first-order chi connectivity index (χ1) is 13.2. The van der Waals surface area contributed by atoms with Crippen molar-refractivity contribution in [1.29, 1.82) is 0 Å². The molecule has 1 aromatic heterocycles. The average Bonchev–Trinajstić information content (AvgIpc) is 3.33. The monoisotopic (exact) mass is 366 g/mol. The number of rotatable bonds is 2. The first-order valence-corrected chi connectivity index (χ1v) is 8.79. The van der Waals surface area contributed by atoms with Crippen molar-refractivity contribution < 1.29 is 23.8 Å². The number of nitrogens with one attached hydrogen (secondary N) is 1. The molecule has 2 aromatic carbocycles. The maximum absolute atomic E-state index is 13.0. The molecule has 138 valence electrons. The van der Waals surface area contributed by atoms with E-state index >= 15 is 0 Å². The molecule has 2 aliphatic rings. The molecule has 1 fully saturated rings. The van der Waals surface area contributed by atoms with E-state index in [0.717, 1.165) is 16.5 Å². The number of fused-ring (bicyclic) bond motifs is 2. The number of para-hydroxylation sites is 1. The van der Waals surface area contributed by atoms with Crippen LogP contribution in [0.4, 0.5) is 0 Å². The smallest absolute Gasteiger partial charge is 0.277 e. The number of hydrogen-bond donors (Lipinski definition) is 1. The Kier molecular flexibility index (Phi) is 3.77. The molecule has 0 saturated carbocycles. The number of H-pyrrole nitrogens is 1. The van der Waals surface area contributed by atoms with Crippen molar-refractivity contribution in [2.24, 2.45) is 0 Å². The molecule has 7 heteroatoms. The number of aromatic amines is 1. The van der Waals surface area contributed by atoms with Crippen LogP contribution in [0.2, 0.25) is 0 Å². The number of hydrogen-bond acceptors (Lipinski definition) is 5. The van der Waals surface area contributed by atoms with Gasteiger partial charge in [0.2, 0.25) is 13.1 Å². The second kappa shape index (κ2) is 6.29. The molecular formula is C20H18N2O5. The fourth-order valence-corrected chi connectivity index (χ4v) is 3.39. The lowest BCUT2D eigenvalue weighted by atomic mass is 10.1. The van der Waals surface area contributed by atoms with Gasteiger partial charge in [-0.25, -0.2) is 9.90 Å². The van der Waals surface area contributed by atoms with Crippen molar-refractivity contribution in [2.75, 3.05) is 13.3 Å². The van der Waals surface area contributed by atoms with Crippen LogP contribution in [0.25, 0.3) is 10.9 Å². The number of amides is 1. The van der Waals surface area contributed by atoms with Crippen molar-refractivity contribution in [3.63, 3.8) is 0 Å². The Labute approximate surface area is 155 Å². The van der Waals surface area contributed by atoms with Crippen LogP contribution in [0.1, 0.15) is 29.1 Å². The summed E-state index contributed by atoms with van der Waals surface area (Å²) in [6, 6.07) is 13.0. The highest BCUT2D eigenvalue weighted by atomic mass is 16.8. The molecule has 2 atom stereocenters. The van der Waals surface area contributed by atoms with Gasteiger partial charge in [-0.1, -0.05) is 18.2 Å². The van der Waals surface area contributed by atoms with Crippen molar-refractivity contribution >= 4 is 16.8 Å². The standard InChI is InChI=1S/C20H18N2O5/c1-12-10-22(19(23)13-6-7-17-18(8-13)25-11-24-17)27-20(26-12)15-9-21-16-5-3-2-4-14(15)16/h2-9,12,20-21H,10-11H2,1H3/t12-,20+/m0/s1. The Morgan fingerprint density at radius 1 is 1.15 bits per heavy atom. The highest BCUT2D eigenvalue weighted by Crippen LogP contribution is 2.35. The first-order valence-electron chi connectivity index (χ1n) is 8.79. The summed E-state index contributed by atoms with van der Waals surface area (Å²) < 4.78 is 16.6. The highest BCUT2D eigenvalue weighted by Gasteiger charge is 2.33. The van der Waals surface area contributed by atoms with Crippen LogP contribution in [0, 0.1) is 0 Å². The number of nitrogens with zero attached hydrogens (tertiary/aromatic N) is 1. The van der Waals surface area contributed by atoms with Crippen molar-refractivity contribution in [3.8, 4) is 11.5 Å². The SMILES string of the molecule is C[C@H]1CN(C(=O)c2ccc3c(c2)OCO3)O[C@H](c2c[nH]c3ccccc23)O1. The number of ether oxygens (including phenoxy) is 3. The van der Waals surface area contributed by atoms with E-state index in [0.29, 0.717) is 23.6 Å². The van der Waals surface area contributed by atoms with Gasteiger partial charge in [-0.05, 0) is 31.2 Å². The molecule has 0 bridgehead atoms. The minimum Gasteiger partial charge on any atom is -0.454 e. The number of carbonyl (C=O) groups is 1. The topological polar surface area (TPSA) is 73.0 Å². The van der Waals surface area contributed by atoms with E-state index in [2.05, 4.69) is 4.98 Å². The largest absolute Gasteiger partial charge is 0.454 e. The Morgan fingerprint density at radius 3 is 2.93 bits per heavy atom. The van der Waals surface area contributed by atoms with Gasteiger partial charge in [-0.15, -0.1) is 0 Å². The van der Waals surface area contributed by atoms with E-state index < -0.39 is 6.29 Å². The van der Waals surface area contributed by atoms with Gasteiger partial charge in [0.1, 0.15) is 0 Å². The summed E-state index contributed by atoms with van der Waals surface area (Å²) in [5.74, 6) is 0.961. The number of carbonyl (C=O) groups excluding carboxylic acids is 1. The van der Waals surface area contributed by atoms with E-state index in [1.165, 1.54) is 5.06 Å². The predicted octanol–water partition coefficient (Wildman–Crippen LogP) is 3.39. The van der Waals surface area contributed by atoms with Crippen LogP contribution in [0.5, 0.6) is 11.5 Å². The minimum absolute atomic E-state index is 0.167. The fourth-order valence-electron chi connectivity index (χ4n) is 3.39. The summed E-state index contributed by atoms with van der Waals surface area (Å²) in [4.78, 5) is 22.1. The van der Waals surface area contributed by atoms with Crippen LogP contribution in [-0.4, -0.2) is 35.4 Å². The molecule has 0 aliphatic carbocycles. The zero-order valence-electron chi connectivity index (χ0n) is 14.7. The number of benzene rings is 2. The number of aromatic nitrogens is 1. The van der Waals surface area contributed by atoms with E-state index in [4.69, 9.17) is 19.0 Å². The van der Waals surface area contributed by atoms with Gasteiger partial charge in [0.05, 0.1) is 12.6 Å². The lowest BCUT2D eigenvalue weighted by Gasteiger charge is -2.35.